The highest BCUT2D eigenvalue weighted by atomic mass is 14.0. The van der Waals surface area contributed by atoms with E-state index in [9.17, 15) is 0 Å². The summed E-state index contributed by atoms with van der Waals surface area (Å²) >= 11 is 0. The zero-order valence-electron chi connectivity index (χ0n) is 5.11. The summed E-state index contributed by atoms with van der Waals surface area (Å²) < 4.78 is 0. The highest BCUT2D eigenvalue weighted by Crippen LogP contribution is 2.13. The molecule has 1 fully saturated rings. The highest BCUT2D eigenvalue weighted by molar-refractivity contribution is 4.74. The molecule has 1 aliphatic rings. The van der Waals surface area contributed by atoms with Crippen LogP contribution in [-0.4, -0.2) is 0 Å². The van der Waals surface area contributed by atoms with Gasteiger partial charge >= 0.3 is 0 Å². The molecule has 0 aromatic heterocycles. The second-order valence-electron chi connectivity index (χ2n) is 1.72. The van der Waals surface area contributed by atoms with Gasteiger partial charge in [-0.25, -0.2) is 0 Å². The van der Waals surface area contributed by atoms with Crippen LogP contribution in [0.25, 0.3) is 0 Å². The predicted octanol–water partition coefficient (Wildman–Crippen LogP) is 2.61. The molecule has 1 rings (SSSR count). The van der Waals surface area contributed by atoms with Gasteiger partial charge in [0.25, 0.3) is 0 Å². The van der Waals surface area contributed by atoms with Crippen molar-refractivity contribution in [3.05, 3.63) is 13.3 Å². The highest BCUT2D eigenvalue weighted by Gasteiger charge is 1.95. The van der Waals surface area contributed by atoms with Gasteiger partial charge in [0.1, 0.15) is 0 Å². The first-order chi connectivity index (χ1) is 3.41. The quantitative estimate of drug-likeness (QED) is 0.437. The minimum absolute atomic E-state index is 1.00. The van der Waals surface area contributed by atoms with Crippen molar-refractivity contribution in [3.63, 3.8) is 0 Å². The number of rotatable bonds is 0. The minimum Gasteiger partial charge on any atom is -0.0654 e. The Hall–Kier alpha value is 0. The molecule has 0 N–H and O–H groups in total. The van der Waals surface area contributed by atoms with Crippen molar-refractivity contribution in [1.29, 1.82) is 0 Å². The molecule has 0 atom stereocenters. The molecule has 0 aromatic carbocycles. The summed E-state index contributed by atoms with van der Waals surface area (Å²) in [7, 11) is 0. The average Bonchev–Trinajstić information content (AvgIpc) is 1.27. The molecule has 0 aliphatic heterocycles. The second-order valence-corrected chi connectivity index (χ2v) is 1.72. The van der Waals surface area contributed by atoms with Gasteiger partial charge in [0.2, 0.25) is 0 Å². The van der Waals surface area contributed by atoms with Crippen LogP contribution in [0.5, 0.6) is 0 Å². The van der Waals surface area contributed by atoms with Crippen LogP contribution in [0.1, 0.15) is 32.6 Å². The van der Waals surface area contributed by atoms with Crippen molar-refractivity contribution in [1.82, 2.24) is 0 Å². The van der Waals surface area contributed by atoms with Crippen molar-refractivity contribution < 1.29 is 0 Å². The molecular formula is C7H14. The van der Waals surface area contributed by atoms with E-state index in [0.29, 0.717) is 0 Å². The van der Waals surface area contributed by atoms with Crippen molar-refractivity contribution in [2.24, 2.45) is 0 Å². The first-order valence-electron chi connectivity index (χ1n) is 3.02. The van der Waals surface area contributed by atoms with E-state index in [-0.39, 0.29) is 0 Å². The molecule has 0 heterocycles. The lowest BCUT2D eigenvalue weighted by molar-refractivity contribution is 0.652. The largest absolute Gasteiger partial charge is 0.0654 e. The van der Waals surface area contributed by atoms with Gasteiger partial charge in [-0.2, -0.15) is 0 Å². The van der Waals surface area contributed by atoms with Crippen LogP contribution in [0.3, 0.4) is 0 Å². The van der Waals surface area contributed by atoms with Gasteiger partial charge in [0.05, 0.1) is 0 Å². The van der Waals surface area contributed by atoms with Crippen molar-refractivity contribution in [2.75, 3.05) is 0 Å². The van der Waals surface area contributed by atoms with Gasteiger partial charge in [0, 0.05) is 0 Å². The molecule has 0 bridgehead atoms. The SMILES string of the molecule is [CH2]CC.[CH]1CCC1. The lowest BCUT2D eigenvalue weighted by Crippen LogP contribution is -1.87. The fourth-order valence-corrected chi connectivity index (χ4v) is 0.204. The van der Waals surface area contributed by atoms with E-state index < -0.39 is 0 Å². The summed E-state index contributed by atoms with van der Waals surface area (Å²) in [4.78, 5) is 0. The van der Waals surface area contributed by atoms with Crippen LogP contribution in [-0.2, 0) is 0 Å². The van der Waals surface area contributed by atoms with Crippen LogP contribution in [0, 0.1) is 13.3 Å². The molecule has 42 valence electrons. The Morgan fingerprint density at radius 1 is 1.57 bits per heavy atom. The van der Waals surface area contributed by atoms with Gasteiger partial charge in [-0.3, -0.25) is 0 Å². The third kappa shape index (κ3) is 6.00. The van der Waals surface area contributed by atoms with Gasteiger partial charge in [-0.05, 0) is 6.42 Å². The number of hydrogen-bond acceptors (Lipinski definition) is 0. The summed E-state index contributed by atoms with van der Waals surface area (Å²) in [6.07, 6.45) is 7.50. The predicted molar refractivity (Wildman–Crippen MR) is 33.8 cm³/mol. The standard InChI is InChI=1S/C4H7.C3H7/c1-2-4-3-1;1-3-2/h1H,2-4H2;1,3H2,2H3. The first-order valence-corrected chi connectivity index (χ1v) is 3.02. The zero-order valence-corrected chi connectivity index (χ0v) is 5.11. The molecule has 0 aromatic rings. The topological polar surface area (TPSA) is 0 Å². The lowest BCUT2D eigenvalue weighted by atomic mass is 10.0. The van der Waals surface area contributed by atoms with Crippen molar-refractivity contribution >= 4 is 0 Å². The Labute approximate surface area is 46.9 Å². The van der Waals surface area contributed by atoms with Gasteiger partial charge in [-0.15, -0.1) is 0 Å². The van der Waals surface area contributed by atoms with E-state index in [0.717, 1.165) is 6.42 Å². The molecule has 7 heavy (non-hydrogen) atoms. The molecule has 0 heteroatoms. The summed E-state index contributed by atoms with van der Waals surface area (Å²) in [5.74, 6) is 0. The van der Waals surface area contributed by atoms with E-state index >= 15 is 0 Å². The van der Waals surface area contributed by atoms with E-state index in [1.807, 2.05) is 6.92 Å². The maximum absolute atomic E-state index is 3.49. The van der Waals surface area contributed by atoms with Crippen molar-refractivity contribution in [3.8, 4) is 0 Å². The molecule has 1 saturated carbocycles. The van der Waals surface area contributed by atoms with E-state index in [2.05, 4.69) is 13.3 Å². The zero-order chi connectivity index (χ0) is 5.54. The smallest absolute Gasteiger partial charge is 0.0386 e. The molecule has 0 amide bonds. The molecule has 0 saturated heterocycles. The normalized spacial score (nSPS) is 16.3. The Morgan fingerprint density at radius 2 is 1.71 bits per heavy atom. The Bertz CT molecular complexity index is 15.2. The minimum atomic E-state index is 1.00. The van der Waals surface area contributed by atoms with Crippen LogP contribution in [0.4, 0.5) is 0 Å². The maximum atomic E-state index is 3.49. The van der Waals surface area contributed by atoms with E-state index in [1.165, 1.54) is 19.3 Å². The average molecular weight is 98.2 g/mol. The lowest BCUT2D eigenvalue weighted by Gasteiger charge is -2.05. The Morgan fingerprint density at radius 3 is 1.71 bits per heavy atom. The summed E-state index contributed by atoms with van der Waals surface area (Å²) in [6, 6.07) is 0. The molecule has 0 unspecified atom stereocenters. The van der Waals surface area contributed by atoms with Gasteiger partial charge in [-0.1, -0.05) is 39.5 Å². The summed E-state index contributed by atoms with van der Waals surface area (Å²) in [6.45, 7) is 5.50. The van der Waals surface area contributed by atoms with Crippen LogP contribution >= 0.6 is 0 Å². The van der Waals surface area contributed by atoms with Crippen LogP contribution < -0.4 is 0 Å². The van der Waals surface area contributed by atoms with E-state index in [4.69, 9.17) is 0 Å². The van der Waals surface area contributed by atoms with Crippen molar-refractivity contribution in [2.45, 2.75) is 32.6 Å². The summed E-state index contributed by atoms with van der Waals surface area (Å²) in [5.41, 5.74) is 0. The molecule has 1 aliphatic carbocycles. The fraction of sp³-hybridized carbons (Fsp3) is 0.714. The molecule has 0 nitrogen and oxygen atoms in total. The van der Waals surface area contributed by atoms with Crippen LogP contribution in [0.2, 0.25) is 0 Å². The Balaban J connectivity index is 0.000000110. The molecule has 0 spiro atoms. The van der Waals surface area contributed by atoms with Gasteiger partial charge < -0.3 is 0 Å². The molecule has 2 radical (unpaired) electrons. The fourth-order valence-electron chi connectivity index (χ4n) is 0.204. The monoisotopic (exact) mass is 98.1 g/mol. The van der Waals surface area contributed by atoms with Crippen LogP contribution in [0.15, 0.2) is 0 Å². The van der Waals surface area contributed by atoms with Gasteiger partial charge in [0.15, 0.2) is 0 Å². The first kappa shape index (κ1) is 7.00. The maximum Gasteiger partial charge on any atom is -0.0386 e. The Kier molecular flexibility index (Phi) is 6.00. The second kappa shape index (κ2) is 6.00. The van der Waals surface area contributed by atoms with E-state index in [1.54, 1.807) is 0 Å². The number of hydrogen-bond donors (Lipinski definition) is 0. The summed E-state index contributed by atoms with van der Waals surface area (Å²) in [5, 5.41) is 0. The third-order valence-electron chi connectivity index (χ3n) is 0.816. The third-order valence-corrected chi connectivity index (χ3v) is 0.816. The molecular weight excluding hydrogens is 84.1 g/mol.